The highest BCUT2D eigenvalue weighted by atomic mass is 16.5. The van der Waals surface area contributed by atoms with Crippen molar-refractivity contribution in [1.29, 1.82) is 0 Å². The van der Waals surface area contributed by atoms with Crippen LogP contribution in [0.3, 0.4) is 0 Å². The maximum Gasteiger partial charge on any atom is 0.122 e. The van der Waals surface area contributed by atoms with Crippen LogP contribution in [0.4, 0.5) is 0 Å². The van der Waals surface area contributed by atoms with Crippen LogP contribution in [0.2, 0.25) is 0 Å². The lowest BCUT2D eigenvalue weighted by Crippen LogP contribution is -2.28. The summed E-state index contributed by atoms with van der Waals surface area (Å²) in [4.78, 5) is 0. The van der Waals surface area contributed by atoms with E-state index in [1.165, 1.54) is 0 Å². The molecule has 16 heavy (non-hydrogen) atoms. The topological polar surface area (TPSA) is 38.7 Å². The Morgan fingerprint density at radius 2 is 2.25 bits per heavy atom. The zero-order valence-electron chi connectivity index (χ0n) is 9.61. The summed E-state index contributed by atoms with van der Waals surface area (Å²) in [6.07, 6.45) is 1.73. The van der Waals surface area contributed by atoms with E-state index in [9.17, 15) is 5.11 Å². The van der Waals surface area contributed by atoms with Crippen LogP contribution in [-0.4, -0.2) is 32.0 Å². The lowest BCUT2D eigenvalue weighted by Gasteiger charge is -2.25. The summed E-state index contributed by atoms with van der Waals surface area (Å²) >= 11 is 0. The maximum absolute atomic E-state index is 9.52. The van der Waals surface area contributed by atoms with Crippen LogP contribution in [0.15, 0.2) is 24.3 Å². The van der Waals surface area contributed by atoms with Gasteiger partial charge in [0.25, 0.3) is 0 Å². The molecule has 1 N–H and O–H groups in total. The Morgan fingerprint density at radius 1 is 1.44 bits per heavy atom. The van der Waals surface area contributed by atoms with Crippen LogP contribution in [0.25, 0.3) is 0 Å². The molecule has 0 amide bonds. The molecule has 0 aliphatic carbocycles. The quantitative estimate of drug-likeness (QED) is 0.841. The molecule has 1 unspecified atom stereocenters. The molecule has 1 fully saturated rings. The van der Waals surface area contributed by atoms with Gasteiger partial charge in [-0.05, 0) is 24.5 Å². The summed E-state index contributed by atoms with van der Waals surface area (Å²) < 4.78 is 10.7. The summed E-state index contributed by atoms with van der Waals surface area (Å²) in [6, 6.07) is 7.96. The van der Waals surface area contributed by atoms with E-state index in [2.05, 4.69) is 6.07 Å². The molecule has 1 aromatic carbocycles. The highest BCUT2D eigenvalue weighted by Gasteiger charge is 2.35. The third-order valence-corrected chi connectivity index (χ3v) is 3.28. The first-order valence-electron chi connectivity index (χ1n) is 5.60. The number of hydrogen-bond acceptors (Lipinski definition) is 3. The van der Waals surface area contributed by atoms with Gasteiger partial charge in [-0.15, -0.1) is 0 Å². The van der Waals surface area contributed by atoms with Crippen LogP contribution in [-0.2, 0) is 11.2 Å². The molecule has 1 aromatic rings. The van der Waals surface area contributed by atoms with Gasteiger partial charge in [0.2, 0.25) is 0 Å². The first kappa shape index (κ1) is 11.4. The van der Waals surface area contributed by atoms with Crippen molar-refractivity contribution >= 4 is 0 Å². The molecule has 1 saturated heterocycles. The Bertz CT molecular complexity index is 343. The van der Waals surface area contributed by atoms with Gasteiger partial charge in [-0.3, -0.25) is 0 Å². The van der Waals surface area contributed by atoms with Crippen molar-refractivity contribution in [1.82, 2.24) is 0 Å². The predicted molar refractivity (Wildman–Crippen MR) is 61.7 cm³/mol. The molecule has 88 valence electrons. The molecule has 0 spiro atoms. The minimum Gasteiger partial charge on any atom is -0.496 e. The minimum absolute atomic E-state index is 0.116. The van der Waals surface area contributed by atoms with Crippen molar-refractivity contribution < 1.29 is 14.6 Å². The SMILES string of the molecule is COc1ccccc1CC1(CO)CCOC1. The molecule has 1 aliphatic heterocycles. The van der Waals surface area contributed by atoms with Crippen LogP contribution < -0.4 is 4.74 Å². The van der Waals surface area contributed by atoms with E-state index in [-0.39, 0.29) is 12.0 Å². The largest absolute Gasteiger partial charge is 0.496 e. The zero-order chi connectivity index (χ0) is 11.4. The average Bonchev–Trinajstić information content (AvgIpc) is 2.79. The van der Waals surface area contributed by atoms with E-state index < -0.39 is 0 Å². The molecule has 1 atom stereocenters. The van der Waals surface area contributed by atoms with E-state index in [0.29, 0.717) is 6.61 Å². The van der Waals surface area contributed by atoms with E-state index in [0.717, 1.165) is 30.8 Å². The van der Waals surface area contributed by atoms with Gasteiger partial charge < -0.3 is 14.6 Å². The van der Waals surface area contributed by atoms with Gasteiger partial charge in [0.15, 0.2) is 0 Å². The van der Waals surface area contributed by atoms with Crippen molar-refractivity contribution in [2.75, 3.05) is 26.9 Å². The van der Waals surface area contributed by atoms with Gasteiger partial charge in [0.1, 0.15) is 5.75 Å². The van der Waals surface area contributed by atoms with Crippen LogP contribution in [0, 0.1) is 5.41 Å². The van der Waals surface area contributed by atoms with Crippen molar-refractivity contribution in [3.63, 3.8) is 0 Å². The number of aliphatic hydroxyl groups excluding tert-OH is 1. The van der Waals surface area contributed by atoms with Crippen LogP contribution >= 0.6 is 0 Å². The summed E-state index contributed by atoms with van der Waals surface area (Å²) in [5.41, 5.74) is 1.03. The second-order valence-corrected chi connectivity index (χ2v) is 4.45. The molecular formula is C13H18O3. The predicted octanol–water partition coefficient (Wildman–Crippen LogP) is 1.64. The number of benzene rings is 1. The van der Waals surface area contributed by atoms with Gasteiger partial charge in [-0.1, -0.05) is 18.2 Å². The second-order valence-electron chi connectivity index (χ2n) is 4.45. The number of hydrogen-bond donors (Lipinski definition) is 1. The third-order valence-electron chi connectivity index (χ3n) is 3.28. The number of ether oxygens (including phenoxy) is 2. The van der Waals surface area contributed by atoms with E-state index >= 15 is 0 Å². The smallest absolute Gasteiger partial charge is 0.122 e. The third kappa shape index (κ3) is 2.20. The van der Waals surface area contributed by atoms with Crippen molar-refractivity contribution in [2.45, 2.75) is 12.8 Å². The average molecular weight is 222 g/mol. The Balaban J connectivity index is 2.18. The van der Waals surface area contributed by atoms with Crippen molar-refractivity contribution in [3.8, 4) is 5.75 Å². The van der Waals surface area contributed by atoms with Crippen LogP contribution in [0.1, 0.15) is 12.0 Å². The summed E-state index contributed by atoms with van der Waals surface area (Å²) in [7, 11) is 1.68. The van der Waals surface area contributed by atoms with Gasteiger partial charge >= 0.3 is 0 Å². The van der Waals surface area contributed by atoms with Crippen molar-refractivity contribution in [2.24, 2.45) is 5.41 Å². The highest BCUT2D eigenvalue weighted by molar-refractivity contribution is 5.34. The van der Waals surface area contributed by atoms with Gasteiger partial charge in [-0.2, -0.15) is 0 Å². The molecule has 0 saturated carbocycles. The lowest BCUT2D eigenvalue weighted by molar-refractivity contribution is 0.0930. The fraction of sp³-hybridized carbons (Fsp3) is 0.538. The van der Waals surface area contributed by atoms with Gasteiger partial charge in [0.05, 0.1) is 20.3 Å². The molecule has 0 bridgehead atoms. The molecule has 1 aliphatic rings. The first-order valence-corrected chi connectivity index (χ1v) is 5.60. The molecule has 3 heteroatoms. The lowest BCUT2D eigenvalue weighted by atomic mass is 9.81. The first-order chi connectivity index (χ1) is 7.79. The summed E-state index contributed by atoms with van der Waals surface area (Å²) in [5.74, 6) is 0.891. The molecule has 3 nitrogen and oxygen atoms in total. The Hall–Kier alpha value is -1.06. The normalized spacial score (nSPS) is 24.6. The van der Waals surface area contributed by atoms with Crippen LogP contribution in [0.5, 0.6) is 5.75 Å². The highest BCUT2D eigenvalue weighted by Crippen LogP contribution is 2.34. The van der Waals surface area contributed by atoms with E-state index in [1.54, 1.807) is 7.11 Å². The zero-order valence-corrected chi connectivity index (χ0v) is 9.61. The molecule has 0 aromatic heterocycles. The number of para-hydroxylation sites is 1. The Labute approximate surface area is 96.0 Å². The molecule has 1 heterocycles. The van der Waals surface area contributed by atoms with Crippen molar-refractivity contribution in [3.05, 3.63) is 29.8 Å². The maximum atomic E-state index is 9.52. The summed E-state index contributed by atoms with van der Waals surface area (Å²) in [5, 5.41) is 9.52. The number of aliphatic hydroxyl groups is 1. The monoisotopic (exact) mass is 222 g/mol. The molecule has 0 radical (unpaired) electrons. The minimum atomic E-state index is -0.116. The number of rotatable bonds is 4. The molecule has 2 rings (SSSR count). The summed E-state index contributed by atoms with van der Waals surface area (Å²) in [6.45, 7) is 1.56. The van der Waals surface area contributed by atoms with E-state index in [1.807, 2.05) is 18.2 Å². The van der Waals surface area contributed by atoms with Gasteiger partial charge in [0, 0.05) is 12.0 Å². The number of methoxy groups -OCH3 is 1. The Morgan fingerprint density at radius 3 is 2.88 bits per heavy atom. The Kier molecular flexibility index (Phi) is 3.46. The standard InChI is InChI=1S/C13H18O3/c1-15-12-5-3-2-4-11(12)8-13(9-14)6-7-16-10-13/h2-5,14H,6-10H2,1H3. The van der Waals surface area contributed by atoms with Gasteiger partial charge in [-0.25, -0.2) is 0 Å². The second kappa shape index (κ2) is 4.85. The van der Waals surface area contributed by atoms with E-state index in [4.69, 9.17) is 9.47 Å². The fourth-order valence-electron chi connectivity index (χ4n) is 2.22. The fourth-order valence-corrected chi connectivity index (χ4v) is 2.22. The molecular weight excluding hydrogens is 204 g/mol.